The molecule has 2 heteroatoms. The van der Waals surface area contributed by atoms with Crippen molar-refractivity contribution in [1.29, 1.82) is 0 Å². The first-order valence-electron chi connectivity index (χ1n) is 4.14. The van der Waals surface area contributed by atoms with Crippen LogP contribution in [0.25, 0.3) is 11.0 Å². The Morgan fingerprint density at radius 1 is 1.31 bits per heavy atom. The molecule has 2 rings (SSSR count). The number of benzene rings is 1. The molecule has 1 heterocycles. The maximum atomic E-state index is 5.25. The molecule has 2 nitrogen and oxygen atoms in total. The van der Waals surface area contributed by atoms with E-state index in [9.17, 15) is 0 Å². The summed E-state index contributed by atoms with van der Waals surface area (Å²) in [5.74, 6) is 3.09. The van der Waals surface area contributed by atoms with Crippen molar-refractivity contribution >= 4 is 11.0 Å². The zero-order valence-electron chi connectivity index (χ0n) is 7.68. The predicted molar refractivity (Wildman–Crippen MR) is 53.5 cm³/mol. The SMILES string of the molecule is C#Cc1nc2cc(C)c(C)cc2[nH]1. The number of aromatic nitrogens is 2. The van der Waals surface area contributed by atoms with Crippen molar-refractivity contribution in [3.05, 3.63) is 29.1 Å². The molecule has 0 bridgehead atoms. The average molecular weight is 170 g/mol. The highest BCUT2D eigenvalue weighted by Gasteiger charge is 2.02. The van der Waals surface area contributed by atoms with Gasteiger partial charge in [-0.3, -0.25) is 0 Å². The third-order valence-corrected chi connectivity index (χ3v) is 2.23. The molecule has 0 aliphatic heterocycles. The Hall–Kier alpha value is -1.75. The van der Waals surface area contributed by atoms with Gasteiger partial charge in [-0.25, -0.2) is 4.98 Å². The van der Waals surface area contributed by atoms with Crippen molar-refractivity contribution in [3.8, 4) is 12.3 Å². The van der Waals surface area contributed by atoms with Crippen molar-refractivity contribution < 1.29 is 0 Å². The number of imidazole rings is 1. The van der Waals surface area contributed by atoms with Crippen LogP contribution in [0, 0.1) is 26.2 Å². The van der Waals surface area contributed by atoms with Gasteiger partial charge >= 0.3 is 0 Å². The Morgan fingerprint density at radius 2 is 2.00 bits per heavy atom. The van der Waals surface area contributed by atoms with Gasteiger partial charge in [0.05, 0.1) is 11.0 Å². The van der Waals surface area contributed by atoms with Crippen molar-refractivity contribution in [3.63, 3.8) is 0 Å². The molecular formula is C11H10N2. The summed E-state index contributed by atoms with van der Waals surface area (Å²) in [6.45, 7) is 4.14. The van der Waals surface area contributed by atoms with E-state index in [2.05, 4.69) is 35.8 Å². The summed E-state index contributed by atoms with van der Waals surface area (Å²) in [6.07, 6.45) is 5.25. The summed E-state index contributed by atoms with van der Waals surface area (Å²) in [4.78, 5) is 7.31. The quantitative estimate of drug-likeness (QED) is 0.603. The Morgan fingerprint density at radius 3 is 2.69 bits per heavy atom. The van der Waals surface area contributed by atoms with E-state index in [0.717, 1.165) is 11.0 Å². The van der Waals surface area contributed by atoms with Crippen LogP contribution >= 0.6 is 0 Å². The highest BCUT2D eigenvalue weighted by atomic mass is 14.9. The van der Waals surface area contributed by atoms with Gasteiger partial charge in [0.2, 0.25) is 0 Å². The molecule has 1 N–H and O–H groups in total. The zero-order chi connectivity index (χ0) is 9.42. The Bertz CT molecular complexity index is 462. The van der Waals surface area contributed by atoms with E-state index in [0.29, 0.717) is 5.82 Å². The fourth-order valence-corrected chi connectivity index (χ4v) is 1.34. The van der Waals surface area contributed by atoms with Gasteiger partial charge in [0.15, 0.2) is 5.82 Å². The van der Waals surface area contributed by atoms with Crippen molar-refractivity contribution in [2.45, 2.75) is 13.8 Å². The van der Waals surface area contributed by atoms with Crippen LogP contribution in [0.3, 0.4) is 0 Å². The smallest absolute Gasteiger partial charge is 0.183 e. The molecule has 0 spiro atoms. The van der Waals surface area contributed by atoms with Gasteiger partial charge in [0, 0.05) is 0 Å². The van der Waals surface area contributed by atoms with Crippen molar-refractivity contribution in [2.75, 3.05) is 0 Å². The first-order valence-corrected chi connectivity index (χ1v) is 4.14. The van der Waals surface area contributed by atoms with Gasteiger partial charge in [-0.1, -0.05) is 0 Å². The number of nitrogens with one attached hydrogen (secondary N) is 1. The maximum Gasteiger partial charge on any atom is 0.183 e. The van der Waals surface area contributed by atoms with Gasteiger partial charge in [0.1, 0.15) is 0 Å². The fraction of sp³-hybridized carbons (Fsp3) is 0.182. The van der Waals surface area contributed by atoms with E-state index >= 15 is 0 Å². The summed E-state index contributed by atoms with van der Waals surface area (Å²) in [5.41, 5.74) is 4.44. The molecule has 0 amide bonds. The molecule has 0 aliphatic carbocycles. The molecule has 0 saturated carbocycles. The fourth-order valence-electron chi connectivity index (χ4n) is 1.34. The number of aromatic amines is 1. The lowest BCUT2D eigenvalue weighted by atomic mass is 10.1. The molecule has 1 aromatic heterocycles. The van der Waals surface area contributed by atoms with Gasteiger partial charge in [-0.05, 0) is 43.0 Å². The van der Waals surface area contributed by atoms with Gasteiger partial charge in [-0.15, -0.1) is 6.42 Å². The number of H-pyrrole nitrogens is 1. The van der Waals surface area contributed by atoms with Crippen LogP contribution in [-0.2, 0) is 0 Å². The van der Waals surface area contributed by atoms with Crippen LogP contribution in [0.4, 0.5) is 0 Å². The minimum atomic E-state index is 0.597. The molecule has 0 radical (unpaired) electrons. The van der Waals surface area contributed by atoms with E-state index in [1.165, 1.54) is 11.1 Å². The predicted octanol–water partition coefficient (Wildman–Crippen LogP) is 2.16. The normalized spacial score (nSPS) is 10.2. The topological polar surface area (TPSA) is 28.7 Å². The number of terminal acetylenes is 1. The number of nitrogens with zero attached hydrogens (tertiary/aromatic N) is 1. The van der Waals surface area contributed by atoms with Gasteiger partial charge in [-0.2, -0.15) is 0 Å². The van der Waals surface area contributed by atoms with E-state index in [1.54, 1.807) is 0 Å². The number of rotatable bonds is 0. The summed E-state index contributed by atoms with van der Waals surface area (Å²) in [6, 6.07) is 4.11. The second-order valence-corrected chi connectivity index (χ2v) is 3.18. The highest BCUT2D eigenvalue weighted by molar-refractivity contribution is 5.77. The van der Waals surface area contributed by atoms with Crippen LogP contribution in [0.5, 0.6) is 0 Å². The number of fused-ring (bicyclic) bond motifs is 1. The molecular weight excluding hydrogens is 160 g/mol. The monoisotopic (exact) mass is 170 g/mol. The van der Waals surface area contributed by atoms with Crippen molar-refractivity contribution in [2.24, 2.45) is 0 Å². The molecule has 64 valence electrons. The lowest BCUT2D eigenvalue weighted by molar-refractivity contribution is 1.28. The standard InChI is InChI=1S/C11H10N2/c1-4-11-12-9-5-7(2)8(3)6-10(9)13-11/h1,5-6H,2-3H3,(H,12,13). The molecule has 13 heavy (non-hydrogen) atoms. The zero-order valence-corrected chi connectivity index (χ0v) is 7.68. The Balaban J connectivity index is 2.79. The maximum absolute atomic E-state index is 5.25. The first-order chi connectivity index (χ1) is 6.20. The van der Waals surface area contributed by atoms with Crippen LogP contribution in [-0.4, -0.2) is 9.97 Å². The molecule has 2 aromatic rings. The third-order valence-electron chi connectivity index (χ3n) is 2.23. The molecule has 0 fully saturated rings. The van der Waals surface area contributed by atoms with Crippen LogP contribution in [0.15, 0.2) is 12.1 Å². The number of aryl methyl sites for hydroxylation is 2. The molecule has 0 atom stereocenters. The molecule has 1 aromatic carbocycles. The molecule has 0 unspecified atom stereocenters. The summed E-state index contributed by atoms with van der Waals surface area (Å²) < 4.78 is 0. The van der Waals surface area contributed by atoms with E-state index in [4.69, 9.17) is 6.42 Å². The highest BCUT2D eigenvalue weighted by Crippen LogP contribution is 2.16. The average Bonchev–Trinajstić information content (AvgIpc) is 2.48. The third kappa shape index (κ3) is 1.19. The van der Waals surface area contributed by atoms with Gasteiger partial charge < -0.3 is 4.98 Å². The van der Waals surface area contributed by atoms with Crippen LogP contribution in [0.2, 0.25) is 0 Å². The molecule has 0 aliphatic rings. The summed E-state index contributed by atoms with van der Waals surface area (Å²) in [7, 11) is 0. The van der Waals surface area contributed by atoms with Crippen molar-refractivity contribution in [1.82, 2.24) is 9.97 Å². The van der Waals surface area contributed by atoms with E-state index in [1.807, 2.05) is 6.07 Å². The minimum absolute atomic E-state index is 0.597. The second kappa shape index (κ2) is 2.63. The minimum Gasteiger partial charge on any atom is -0.331 e. The van der Waals surface area contributed by atoms with Gasteiger partial charge in [0.25, 0.3) is 0 Å². The first kappa shape index (κ1) is 7.88. The van der Waals surface area contributed by atoms with E-state index < -0.39 is 0 Å². The van der Waals surface area contributed by atoms with Crippen LogP contribution in [0.1, 0.15) is 17.0 Å². The number of hydrogen-bond donors (Lipinski definition) is 1. The Labute approximate surface area is 77.0 Å². The number of hydrogen-bond acceptors (Lipinski definition) is 1. The molecule has 0 saturated heterocycles. The Kier molecular flexibility index (Phi) is 1.60. The van der Waals surface area contributed by atoms with E-state index in [-0.39, 0.29) is 0 Å². The lowest BCUT2D eigenvalue weighted by Crippen LogP contribution is -1.79. The largest absolute Gasteiger partial charge is 0.331 e. The summed E-state index contributed by atoms with van der Waals surface area (Å²) >= 11 is 0. The second-order valence-electron chi connectivity index (χ2n) is 3.18. The lowest BCUT2D eigenvalue weighted by Gasteiger charge is -1.97. The summed E-state index contributed by atoms with van der Waals surface area (Å²) in [5, 5.41) is 0. The van der Waals surface area contributed by atoms with Crippen LogP contribution < -0.4 is 0 Å².